The molecule has 40 heavy (non-hydrogen) atoms. The van der Waals surface area contributed by atoms with Gasteiger partial charge in [0.2, 0.25) is 0 Å². The van der Waals surface area contributed by atoms with Crippen molar-refractivity contribution in [2.24, 2.45) is 0 Å². The number of Topliss-reactive ketones (excluding diaryl/α,β-unsaturated/α-hetero) is 2. The molecule has 1 heterocycles. The number of fused-ring (bicyclic) bond motifs is 1. The lowest BCUT2D eigenvalue weighted by molar-refractivity contribution is 0.0849. The number of ketones is 2. The molecule has 0 saturated heterocycles. The maximum atomic E-state index is 12.2. The SMILES string of the molecule is C.CC(=O)c1cc(Br)ccc1O.O=C1CC(c2cccc(Cl)c2)Oc2ccc(Br)cc21.O=Cc1cccc(Cl)c1. The van der Waals surface area contributed by atoms with E-state index in [-0.39, 0.29) is 30.8 Å². The van der Waals surface area contributed by atoms with E-state index in [1.54, 1.807) is 48.5 Å². The zero-order valence-electron chi connectivity index (χ0n) is 20.5. The van der Waals surface area contributed by atoms with Gasteiger partial charge in [0.25, 0.3) is 0 Å². The van der Waals surface area contributed by atoms with Gasteiger partial charge in [0, 0.05) is 24.6 Å². The molecule has 9 heteroatoms. The summed E-state index contributed by atoms with van der Waals surface area (Å²) in [4.78, 5) is 33.1. The highest BCUT2D eigenvalue weighted by Crippen LogP contribution is 2.36. The summed E-state index contributed by atoms with van der Waals surface area (Å²) in [6.45, 7) is 1.42. The van der Waals surface area contributed by atoms with Crippen LogP contribution in [0.2, 0.25) is 10.0 Å². The lowest BCUT2D eigenvalue weighted by Crippen LogP contribution is -2.20. The van der Waals surface area contributed by atoms with E-state index < -0.39 is 0 Å². The molecule has 0 radical (unpaired) electrons. The van der Waals surface area contributed by atoms with Crippen molar-refractivity contribution in [3.8, 4) is 11.5 Å². The van der Waals surface area contributed by atoms with Crippen LogP contribution in [-0.2, 0) is 0 Å². The van der Waals surface area contributed by atoms with Crippen LogP contribution in [0.15, 0.2) is 93.9 Å². The molecule has 5 nitrogen and oxygen atoms in total. The van der Waals surface area contributed by atoms with E-state index in [1.165, 1.54) is 13.0 Å². The van der Waals surface area contributed by atoms with Crippen molar-refractivity contribution in [2.75, 3.05) is 0 Å². The largest absolute Gasteiger partial charge is 0.507 e. The second kappa shape index (κ2) is 15.7. The minimum absolute atomic E-state index is 0. The summed E-state index contributed by atoms with van der Waals surface area (Å²) < 4.78 is 7.57. The molecule has 0 aromatic heterocycles. The van der Waals surface area contributed by atoms with E-state index >= 15 is 0 Å². The molecule has 1 aliphatic heterocycles. The minimum Gasteiger partial charge on any atom is -0.507 e. The van der Waals surface area contributed by atoms with Gasteiger partial charge in [-0.3, -0.25) is 14.4 Å². The maximum absolute atomic E-state index is 12.2. The normalized spacial score (nSPS) is 13.1. The zero-order valence-corrected chi connectivity index (χ0v) is 25.2. The third kappa shape index (κ3) is 9.59. The zero-order chi connectivity index (χ0) is 28.5. The molecule has 1 aliphatic rings. The van der Waals surface area contributed by atoms with Gasteiger partial charge in [-0.2, -0.15) is 0 Å². The van der Waals surface area contributed by atoms with Crippen molar-refractivity contribution in [1.29, 1.82) is 0 Å². The van der Waals surface area contributed by atoms with E-state index in [9.17, 15) is 14.4 Å². The monoisotopic (exact) mass is 706 g/mol. The smallest absolute Gasteiger partial charge is 0.170 e. The summed E-state index contributed by atoms with van der Waals surface area (Å²) in [5.74, 6) is 0.612. The average Bonchev–Trinajstić information content (AvgIpc) is 2.91. The first-order valence-electron chi connectivity index (χ1n) is 11.5. The molecule has 0 aliphatic carbocycles. The van der Waals surface area contributed by atoms with Gasteiger partial charge in [-0.25, -0.2) is 0 Å². The predicted molar refractivity (Wildman–Crippen MR) is 167 cm³/mol. The Morgan fingerprint density at radius 1 is 0.925 bits per heavy atom. The van der Waals surface area contributed by atoms with Crippen LogP contribution in [0.25, 0.3) is 0 Å². The van der Waals surface area contributed by atoms with Gasteiger partial charge in [0.1, 0.15) is 23.9 Å². The highest BCUT2D eigenvalue weighted by Gasteiger charge is 2.27. The lowest BCUT2D eigenvalue weighted by Gasteiger charge is -2.25. The standard InChI is InChI=1S/C15H10BrClO2.C8H7BrO2.C7H5ClO.CH4/c16-10-4-5-14-12(7-10)13(18)8-15(19-14)9-2-1-3-11(17)6-9;1-5(10)7-4-6(9)2-3-8(7)11;8-7-3-1-2-6(4-7)5-9;/h1-7,15H,8H2;2-4,11H,1H3;1-5H;1H4. The third-order valence-electron chi connectivity index (χ3n) is 5.43. The van der Waals surface area contributed by atoms with E-state index in [2.05, 4.69) is 31.9 Å². The summed E-state index contributed by atoms with van der Waals surface area (Å²) in [5, 5.41) is 10.4. The van der Waals surface area contributed by atoms with Gasteiger partial charge in [0.05, 0.1) is 17.5 Å². The Kier molecular flexibility index (Phi) is 13.1. The number of carbonyl (C=O) groups excluding carboxylic acids is 3. The molecule has 4 aromatic carbocycles. The molecule has 1 N–H and O–H groups in total. The first kappa shape index (κ1) is 33.2. The minimum atomic E-state index is -0.264. The van der Waals surface area contributed by atoms with Crippen molar-refractivity contribution in [1.82, 2.24) is 0 Å². The van der Waals surface area contributed by atoms with Crippen LogP contribution in [0.4, 0.5) is 0 Å². The van der Waals surface area contributed by atoms with Crippen molar-refractivity contribution in [3.63, 3.8) is 0 Å². The first-order valence-corrected chi connectivity index (χ1v) is 13.9. The summed E-state index contributed by atoms with van der Waals surface area (Å²) in [7, 11) is 0. The fourth-order valence-corrected chi connectivity index (χ4v) is 4.68. The van der Waals surface area contributed by atoms with Crippen molar-refractivity contribution in [3.05, 3.63) is 126 Å². The third-order valence-corrected chi connectivity index (χ3v) is 6.88. The van der Waals surface area contributed by atoms with Gasteiger partial charge in [-0.15, -0.1) is 0 Å². The van der Waals surface area contributed by atoms with Crippen LogP contribution >= 0.6 is 55.1 Å². The van der Waals surface area contributed by atoms with Crippen LogP contribution in [0.3, 0.4) is 0 Å². The number of aromatic hydroxyl groups is 1. The number of carbonyl (C=O) groups is 3. The number of halogens is 4. The second-order valence-electron chi connectivity index (χ2n) is 8.32. The van der Waals surface area contributed by atoms with E-state index in [1.807, 2.05) is 30.3 Å². The highest BCUT2D eigenvalue weighted by atomic mass is 79.9. The Labute approximate surface area is 260 Å². The molecule has 1 atom stereocenters. The fourth-order valence-electron chi connectivity index (χ4n) is 3.56. The van der Waals surface area contributed by atoms with E-state index in [0.717, 1.165) is 20.8 Å². The van der Waals surface area contributed by atoms with Crippen LogP contribution in [0.5, 0.6) is 11.5 Å². The molecule has 5 rings (SSSR count). The first-order chi connectivity index (χ1) is 18.6. The van der Waals surface area contributed by atoms with Crippen LogP contribution < -0.4 is 4.74 Å². The molecule has 0 fully saturated rings. The number of ether oxygens (including phenoxy) is 1. The fraction of sp³-hybridized carbons (Fsp3) is 0.129. The Morgan fingerprint density at radius 3 is 2.12 bits per heavy atom. The van der Waals surface area contributed by atoms with E-state index in [4.69, 9.17) is 33.0 Å². The number of hydrogen-bond donors (Lipinski definition) is 1. The summed E-state index contributed by atoms with van der Waals surface area (Å²) in [6, 6.07) is 24.5. The second-order valence-corrected chi connectivity index (χ2v) is 11.0. The van der Waals surface area contributed by atoms with Gasteiger partial charge in [0.15, 0.2) is 11.6 Å². The van der Waals surface area contributed by atoms with Crippen LogP contribution in [-0.4, -0.2) is 23.0 Å². The predicted octanol–water partition coefficient (Wildman–Crippen LogP) is 9.95. The Balaban J connectivity index is 0.000000228. The molecular weight excluding hydrogens is 683 g/mol. The molecule has 208 valence electrons. The number of hydrogen-bond acceptors (Lipinski definition) is 5. The van der Waals surface area contributed by atoms with Crippen LogP contribution in [0, 0.1) is 0 Å². The van der Waals surface area contributed by atoms with Crippen molar-refractivity contribution < 1.29 is 24.2 Å². The molecule has 0 amide bonds. The quantitative estimate of drug-likeness (QED) is 0.169. The Hall–Kier alpha value is -2.97. The van der Waals surface area contributed by atoms with Crippen molar-refractivity contribution in [2.45, 2.75) is 26.9 Å². The topological polar surface area (TPSA) is 80.7 Å². The summed E-state index contributed by atoms with van der Waals surface area (Å²) in [6.07, 6.45) is 0.843. The number of phenolic OH excluding ortho intramolecular Hbond substituents is 1. The number of aldehydes is 1. The molecule has 0 bridgehead atoms. The highest BCUT2D eigenvalue weighted by molar-refractivity contribution is 9.10. The number of phenols is 1. The average molecular weight is 709 g/mol. The summed E-state index contributed by atoms with van der Waals surface area (Å²) >= 11 is 18.1. The van der Waals surface area contributed by atoms with Crippen molar-refractivity contribution >= 4 is 72.9 Å². The molecule has 0 saturated carbocycles. The van der Waals surface area contributed by atoms with Gasteiger partial charge in [-0.1, -0.05) is 86.8 Å². The molecule has 0 spiro atoms. The van der Waals surface area contributed by atoms with Crippen LogP contribution in [0.1, 0.15) is 63.5 Å². The van der Waals surface area contributed by atoms with E-state index in [0.29, 0.717) is 38.9 Å². The van der Waals surface area contributed by atoms with Gasteiger partial charge in [-0.05, 0) is 73.2 Å². The Morgan fingerprint density at radius 2 is 1.55 bits per heavy atom. The van der Waals surface area contributed by atoms with Gasteiger partial charge >= 0.3 is 0 Å². The lowest BCUT2D eigenvalue weighted by atomic mass is 9.96. The number of benzene rings is 4. The molecular formula is C31H26Br2Cl2O5. The maximum Gasteiger partial charge on any atom is 0.170 e. The molecule has 1 unspecified atom stereocenters. The Bertz CT molecular complexity index is 1510. The molecule has 4 aromatic rings. The van der Waals surface area contributed by atoms with Gasteiger partial charge < -0.3 is 9.84 Å². The number of rotatable bonds is 3. The summed E-state index contributed by atoms with van der Waals surface area (Å²) in [5.41, 5.74) is 2.52.